The number of hydrogen-bond donors (Lipinski definition) is 1. The molecule has 0 saturated carbocycles. The second kappa shape index (κ2) is 6.04. The van der Waals surface area contributed by atoms with Crippen molar-refractivity contribution in [2.45, 2.75) is 66.5 Å². The van der Waals surface area contributed by atoms with Crippen molar-refractivity contribution >= 4 is 11.6 Å². The van der Waals surface area contributed by atoms with Gasteiger partial charge in [-0.1, -0.05) is 46.8 Å². The average Bonchev–Trinajstić information content (AvgIpc) is 2.71. The number of hydrogen-bond acceptors (Lipinski definition) is 2. The summed E-state index contributed by atoms with van der Waals surface area (Å²) in [4.78, 5) is 14.7. The highest BCUT2D eigenvalue weighted by Crippen LogP contribution is 2.36. The number of carbonyl (C=O) groups is 1. The maximum atomic E-state index is 12.7. The van der Waals surface area contributed by atoms with Crippen molar-refractivity contribution < 1.29 is 4.79 Å². The van der Waals surface area contributed by atoms with Crippen molar-refractivity contribution in [1.29, 1.82) is 0 Å². The number of carbonyl (C=O) groups excluding carboxylic acids is 1. The second-order valence-electron chi connectivity index (χ2n) is 8.05. The Kier molecular flexibility index (Phi) is 4.67. The highest BCUT2D eigenvalue weighted by molar-refractivity contribution is 5.99. The molecule has 1 aromatic rings. The molecule has 1 aliphatic heterocycles. The standard InChI is InChI=1S/C19H30N2O/c1-12(2)16(20)11-14-7-8-17-15(10-14)9-13(3)21(17)18(22)19(4,5)6/h7-8,10,12-13,16H,9,11,20H2,1-6H3. The van der Waals surface area contributed by atoms with Crippen LogP contribution in [0.5, 0.6) is 0 Å². The molecule has 2 rings (SSSR count). The Morgan fingerprint density at radius 1 is 1.36 bits per heavy atom. The molecule has 1 amide bonds. The number of benzene rings is 1. The Hall–Kier alpha value is -1.35. The molecule has 1 aromatic carbocycles. The predicted molar refractivity (Wildman–Crippen MR) is 93.1 cm³/mol. The molecule has 0 radical (unpaired) electrons. The fraction of sp³-hybridized carbons (Fsp3) is 0.632. The first kappa shape index (κ1) is 17.0. The monoisotopic (exact) mass is 302 g/mol. The second-order valence-corrected chi connectivity index (χ2v) is 8.05. The van der Waals surface area contributed by atoms with Gasteiger partial charge >= 0.3 is 0 Å². The smallest absolute Gasteiger partial charge is 0.232 e. The molecule has 0 fully saturated rings. The van der Waals surface area contributed by atoms with E-state index in [2.05, 4.69) is 39.0 Å². The Morgan fingerprint density at radius 3 is 2.55 bits per heavy atom. The SMILES string of the molecule is CC(C)C(N)Cc1ccc2c(c1)CC(C)N2C(=O)C(C)(C)C. The predicted octanol–water partition coefficient (Wildman–Crippen LogP) is 3.54. The van der Waals surface area contributed by atoms with Crippen LogP contribution in [-0.4, -0.2) is 18.0 Å². The van der Waals surface area contributed by atoms with Crippen LogP contribution in [0.2, 0.25) is 0 Å². The molecule has 22 heavy (non-hydrogen) atoms. The van der Waals surface area contributed by atoms with Gasteiger partial charge in [0.05, 0.1) is 0 Å². The molecule has 0 bridgehead atoms. The van der Waals surface area contributed by atoms with Gasteiger partial charge in [-0.15, -0.1) is 0 Å². The summed E-state index contributed by atoms with van der Waals surface area (Å²) < 4.78 is 0. The fourth-order valence-electron chi connectivity index (χ4n) is 2.99. The molecule has 0 aromatic heterocycles. The van der Waals surface area contributed by atoms with Crippen LogP contribution < -0.4 is 10.6 Å². The highest BCUT2D eigenvalue weighted by Gasteiger charge is 2.36. The van der Waals surface area contributed by atoms with E-state index in [0.29, 0.717) is 5.92 Å². The molecule has 2 atom stereocenters. The number of nitrogens with zero attached hydrogens (tertiary/aromatic N) is 1. The molecule has 3 heteroatoms. The topological polar surface area (TPSA) is 46.3 Å². The van der Waals surface area contributed by atoms with Crippen LogP contribution >= 0.6 is 0 Å². The first-order chi connectivity index (χ1) is 10.1. The molecule has 3 nitrogen and oxygen atoms in total. The molecule has 2 unspecified atom stereocenters. The van der Waals surface area contributed by atoms with Crippen molar-refractivity contribution in [3.8, 4) is 0 Å². The van der Waals surface area contributed by atoms with E-state index in [1.807, 2.05) is 25.7 Å². The molecule has 2 N–H and O–H groups in total. The van der Waals surface area contributed by atoms with E-state index in [0.717, 1.165) is 18.5 Å². The zero-order valence-corrected chi connectivity index (χ0v) is 14.8. The van der Waals surface area contributed by atoms with Gasteiger partial charge in [0.15, 0.2) is 0 Å². The summed E-state index contributed by atoms with van der Waals surface area (Å²) in [5.74, 6) is 0.677. The molecule has 0 saturated heterocycles. The van der Waals surface area contributed by atoms with Crippen LogP contribution in [0.1, 0.15) is 52.7 Å². The summed E-state index contributed by atoms with van der Waals surface area (Å²) in [6, 6.07) is 6.89. The Bertz CT molecular complexity index is 557. The Morgan fingerprint density at radius 2 is 2.00 bits per heavy atom. The van der Waals surface area contributed by atoms with Crippen molar-refractivity contribution in [1.82, 2.24) is 0 Å². The van der Waals surface area contributed by atoms with Gasteiger partial charge in [0.25, 0.3) is 0 Å². The van der Waals surface area contributed by atoms with Crippen molar-refractivity contribution in [3.63, 3.8) is 0 Å². The normalized spacial score (nSPS) is 19.5. The minimum Gasteiger partial charge on any atom is -0.327 e. The zero-order valence-electron chi connectivity index (χ0n) is 14.8. The molecule has 1 heterocycles. The zero-order chi connectivity index (χ0) is 16.7. The van der Waals surface area contributed by atoms with Gasteiger partial charge in [-0.05, 0) is 42.9 Å². The largest absolute Gasteiger partial charge is 0.327 e. The summed E-state index contributed by atoms with van der Waals surface area (Å²) in [5, 5.41) is 0. The molecule has 0 aliphatic carbocycles. The summed E-state index contributed by atoms with van der Waals surface area (Å²) in [7, 11) is 0. The van der Waals surface area contributed by atoms with E-state index < -0.39 is 0 Å². The van der Waals surface area contributed by atoms with Crippen LogP contribution in [0.15, 0.2) is 18.2 Å². The van der Waals surface area contributed by atoms with Crippen LogP contribution in [0, 0.1) is 11.3 Å². The number of nitrogens with two attached hydrogens (primary N) is 1. The maximum absolute atomic E-state index is 12.7. The van der Waals surface area contributed by atoms with Gasteiger partial charge in [0.2, 0.25) is 5.91 Å². The van der Waals surface area contributed by atoms with Crippen molar-refractivity contribution in [3.05, 3.63) is 29.3 Å². The van der Waals surface area contributed by atoms with Crippen LogP contribution in [0.25, 0.3) is 0 Å². The van der Waals surface area contributed by atoms with Crippen LogP contribution in [0.4, 0.5) is 5.69 Å². The maximum Gasteiger partial charge on any atom is 0.232 e. The fourth-order valence-corrected chi connectivity index (χ4v) is 2.99. The number of rotatable bonds is 3. The van der Waals surface area contributed by atoms with E-state index in [1.165, 1.54) is 11.1 Å². The molecule has 122 valence electrons. The van der Waals surface area contributed by atoms with E-state index in [1.54, 1.807) is 0 Å². The van der Waals surface area contributed by atoms with Crippen LogP contribution in [0.3, 0.4) is 0 Å². The van der Waals surface area contributed by atoms with Gasteiger partial charge in [-0.25, -0.2) is 0 Å². The van der Waals surface area contributed by atoms with Crippen LogP contribution in [-0.2, 0) is 17.6 Å². The lowest BCUT2D eigenvalue weighted by molar-refractivity contribution is -0.126. The van der Waals surface area contributed by atoms with E-state index in [-0.39, 0.29) is 23.4 Å². The van der Waals surface area contributed by atoms with E-state index in [4.69, 9.17) is 5.73 Å². The Labute approximate surface area is 134 Å². The lowest BCUT2D eigenvalue weighted by Crippen LogP contribution is -2.42. The summed E-state index contributed by atoms with van der Waals surface area (Å²) in [6.07, 6.45) is 1.83. The minimum atomic E-state index is -0.353. The third-order valence-corrected chi connectivity index (χ3v) is 4.55. The van der Waals surface area contributed by atoms with E-state index in [9.17, 15) is 4.79 Å². The van der Waals surface area contributed by atoms with E-state index >= 15 is 0 Å². The molecular weight excluding hydrogens is 272 g/mol. The summed E-state index contributed by atoms with van der Waals surface area (Å²) >= 11 is 0. The minimum absolute atomic E-state index is 0.184. The first-order valence-corrected chi connectivity index (χ1v) is 8.32. The third kappa shape index (κ3) is 3.35. The molecule has 0 spiro atoms. The molecule has 1 aliphatic rings. The van der Waals surface area contributed by atoms with Crippen molar-refractivity contribution in [2.75, 3.05) is 4.90 Å². The highest BCUT2D eigenvalue weighted by atomic mass is 16.2. The number of amides is 1. The summed E-state index contributed by atoms with van der Waals surface area (Å²) in [6.45, 7) is 12.4. The lowest BCUT2D eigenvalue weighted by atomic mass is 9.94. The van der Waals surface area contributed by atoms with Gasteiger partial charge in [0, 0.05) is 23.2 Å². The number of fused-ring (bicyclic) bond motifs is 1. The van der Waals surface area contributed by atoms with Gasteiger partial charge < -0.3 is 10.6 Å². The van der Waals surface area contributed by atoms with Gasteiger partial charge in [-0.2, -0.15) is 0 Å². The van der Waals surface area contributed by atoms with Gasteiger partial charge in [0.1, 0.15) is 0 Å². The quantitative estimate of drug-likeness (QED) is 0.928. The number of anilines is 1. The molecular formula is C19H30N2O. The average molecular weight is 302 g/mol. The van der Waals surface area contributed by atoms with Crippen molar-refractivity contribution in [2.24, 2.45) is 17.1 Å². The summed E-state index contributed by atoms with van der Waals surface area (Å²) in [5.41, 5.74) is 9.47. The third-order valence-electron chi connectivity index (χ3n) is 4.55. The van der Waals surface area contributed by atoms with Gasteiger partial charge in [-0.3, -0.25) is 4.79 Å². The first-order valence-electron chi connectivity index (χ1n) is 8.32. The Balaban J connectivity index is 2.26. The lowest BCUT2D eigenvalue weighted by Gasteiger charge is -2.30.